The van der Waals surface area contributed by atoms with Crippen LogP contribution in [0.4, 0.5) is 11.5 Å². The fourth-order valence-electron chi connectivity index (χ4n) is 6.80. The first kappa shape index (κ1) is 25.3. The molecule has 4 heterocycles. The summed E-state index contributed by atoms with van der Waals surface area (Å²) in [6, 6.07) is 5.99. The first-order valence-electron chi connectivity index (χ1n) is 13.4. The van der Waals surface area contributed by atoms with E-state index in [0.717, 1.165) is 68.5 Å². The molecule has 1 spiro atoms. The molecule has 6 rings (SSSR count). The largest absolute Gasteiger partial charge is 0.389 e. The number of benzene rings is 1. The molecule has 0 radical (unpaired) electrons. The van der Waals surface area contributed by atoms with Crippen molar-refractivity contribution >= 4 is 39.8 Å². The van der Waals surface area contributed by atoms with Gasteiger partial charge < -0.3 is 24.8 Å². The molecule has 37 heavy (non-hydrogen) atoms. The number of amides is 1. The number of halogens is 1. The van der Waals surface area contributed by atoms with Crippen LogP contribution in [0.25, 0.3) is 10.8 Å². The Labute approximate surface area is 223 Å². The van der Waals surface area contributed by atoms with E-state index in [2.05, 4.69) is 46.9 Å². The molecule has 200 valence electrons. The second kappa shape index (κ2) is 9.06. The molecular formula is C28H37ClN4O4. The Morgan fingerprint density at radius 1 is 1.16 bits per heavy atom. The van der Waals surface area contributed by atoms with Crippen molar-refractivity contribution in [3.05, 3.63) is 29.4 Å². The van der Waals surface area contributed by atoms with Gasteiger partial charge in [-0.1, -0.05) is 11.6 Å². The fraction of sp³-hybridized carbons (Fsp3) is 0.643. The van der Waals surface area contributed by atoms with Crippen molar-refractivity contribution in [2.45, 2.75) is 57.3 Å². The predicted molar refractivity (Wildman–Crippen MR) is 144 cm³/mol. The van der Waals surface area contributed by atoms with Crippen molar-refractivity contribution in [2.75, 3.05) is 56.2 Å². The van der Waals surface area contributed by atoms with Gasteiger partial charge in [-0.2, -0.15) is 0 Å². The van der Waals surface area contributed by atoms with Crippen molar-refractivity contribution in [1.82, 2.24) is 9.88 Å². The van der Waals surface area contributed by atoms with Crippen LogP contribution in [-0.2, 0) is 14.3 Å². The third-order valence-electron chi connectivity index (χ3n) is 9.15. The summed E-state index contributed by atoms with van der Waals surface area (Å²) in [7, 11) is 0. The van der Waals surface area contributed by atoms with E-state index in [1.165, 1.54) is 0 Å². The van der Waals surface area contributed by atoms with Crippen LogP contribution in [0.3, 0.4) is 0 Å². The number of piperazine rings is 1. The number of aromatic nitrogens is 1. The van der Waals surface area contributed by atoms with E-state index in [0.29, 0.717) is 24.1 Å². The van der Waals surface area contributed by atoms with Crippen LogP contribution >= 0.6 is 11.6 Å². The van der Waals surface area contributed by atoms with Crippen molar-refractivity contribution in [2.24, 2.45) is 11.3 Å². The number of fused-ring (bicyclic) bond motifs is 1. The summed E-state index contributed by atoms with van der Waals surface area (Å²) >= 11 is 6.71. The number of aliphatic hydroxyl groups is 1. The number of rotatable bonds is 4. The number of hydrogen-bond acceptors (Lipinski definition) is 7. The molecular weight excluding hydrogens is 492 g/mol. The van der Waals surface area contributed by atoms with Gasteiger partial charge in [-0.15, -0.1) is 0 Å². The molecule has 1 aromatic carbocycles. The van der Waals surface area contributed by atoms with Gasteiger partial charge in [0.05, 0.1) is 41.2 Å². The molecule has 0 unspecified atom stereocenters. The highest BCUT2D eigenvalue weighted by atomic mass is 35.5. The van der Waals surface area contributed by atoms with Gasteiger partial charge >= 0.3 is 0 Å². The maximum Gasteiger partial charge on any atom is 0.229 e. The van der Waals surface area contributed by atoms with E-state index < -0.39 is 6.10 Å². The Hall–Kier alpha value is -1.97. The summed E-state index contributed by atoms with van der Waals surface area (Å²) < 4.78 is 11.4. The number of aliphatic hydroxyl groups excluding tert-OH is 1. The number of carbonyl (C=O) groups is 1. The zero-order chi connectivity index (χ0) is 26.0. The molecule has 4 fully saturated rings. The van der Waals surface area contributed by atoms with Crippen molar-refractivity contribution in [3.8, 4) is 0 Å². The van der Waals surface area contributed by atoms with Crippen molar-refractivity contribution in [1.29, 1.82) is 0 Å². The first-order chi connectivity index (χ1) is 17.6. The van der Waals surface area contributed by atoms with E-state index >= 15 is 0 Å². The van der Waals surface area contributed by atoms with Gasteiger partial charge in [0.2, 0.25) is 5.91 Å². The van der Waals surface area contributed by atoms with Gasteiger partial charge in [0.1, 0.15) is 5.82 Å². The Bertz CT molecular complexity index is 1220. The lowest BCUT2D eigenvalue weighted by molar-refractivity contribution is -0.120. The Balaban J connectivity index is 1.15. The third kappa shape index (κ3) is 4.61. The van der Waals surface area contributed by atoms with Crippen LogP contribution in [-0.4, -0.2) is 84.1 Å². The molecule has 1 aromatic heterocycles. The molecule has 9 heteroatoms. The van der Waals surface area contributed by atoms with Gasteiger partial charge in [-0.25, -0.2) is 4.98 Å². The maximum absolute atomic E-state index is 13.1. The van der Waals surface area contributed by atoms with Crippen LogP contribution < -0.4 is 10.2 Å². The van der Waals surface area contributed by atoms with Crippen molar-refractivity contribution in [3.63, 3.8) is 0 Å². The highest BCUT2D eigenvalue weighted by Gasteiger charge is 2.61. The Morgan fingerprint density at radius 2 is 1.95 bits per heavy atom. The average Bonchev–Trinajstić information content (AvgIpc) is 3.42. The molecule has 1 saturated carbocycles. The quantitative estimate of drug-likeness (QED) is 0.625. The molecule has 4 aliphatic rings. The van der Waals surface area contributed by atoms with Gasteiger partial charge in [-0.3, -0.25) is 9.69 Å². The minimum absolute atomic E-state index is 0.0240. The molecule has 8 nitrogen and oxygen atoms in total. The second-order valence-corrected chi connectivity index (χ2v) is 12.6. The zero-order valence-corrected chi connectivity index (χ0v) is 22.7. The topological polar surface area (TPSA) is 87.2 Å². The number of nitrogens with zero attached hydrogens (tertiary/aromatic N) is 3. The zero-order valence-electron chi connectivity index (χ0n) is 21.9. The second-order valence-electron chi connectivity index (χ2n) is 12.2. The number of anilines is 2. The van der Waals surface area contributed by atoms with E-state index in [-0.39, 0.29) is 28.4 Å². The predicted octanol–water partition coefficient (Wildman–Crippen LogP) is 3.69. The molecule has 1 aliphatic carbocycles. The van der Waals surface area contributed by atoms with E-state index in [1.54, 1.807) is 6.20 Å². The Morgan fingerprint density at radius 3 is 2.65 bits per heavy atom. The number of pyridine rings is 1. The molecule has 2 N–H and O–H groups in total. The number of ether oxygens (including phenoxy) is 2. The van der Waals surface area contributed by atoms with E-state index in [4.69, 9.17) is 21.1 Å². The summed E-state index contributed by atoms with van der Waals surface area (Å²) in [5.74, 6) is 0.657. The summed E-state index contributed by atoms with van der Waals surface area (Å²) in [6.07, 6.45) is 4.10. The lowest BCUT2D eigenvalue weighted by Gasteiger charge is -2.45. The lowest BCUT2D eigenvalue weighted by Crippen LogP contribution is -2.60. The van der Waals surface area contributed by atoms with Gasteiger partial charge in [-0.05, 0) is 69.0 Å². The first-order valence-corrected chi connectivity index (χ1v) is 13.8. The summed E-state index contributed by atoms with van der Waals surface area (Å²) in [5.41, 5.74) is 0.552. The average molecular weight is 529 g/mol. The number of nitrogens with one attached hydrogen (secondary N) is 1. The lowest BCUT2D eigenvalue weighted by atomic mass is 9.83. The third-order valence-corrected chi connectivity index (χ3v) is 9.45. The molecule has 0 bridgehead atoms. The summed E-state index contributed by atoms with van der Waals surface area (Å²) in [5, 5.41) is 16.1. The molecule has 1 amide bonds. The molecule has 4 atom stereocenters. The normalized spacial score (nSPS) is 33.7. The molecule has 3 saturated heterocycles. The molecule has 2 aromatic rings. The van der Waals surface area contributed by atoms with Crippen LogP contribution in [0.15, 0.2) is 24.4 Å². The van der Waals surface area contributed by atoms with Crippen LogP contribution in [0.1, 0.15) is 40.0 Å². The summed E-state index contributed by atoms with van der Waals surface area (Å²) in [4.78, 5) is 22.2. The van der Waals surface area contributed by atoms with Gasteiger partial charge in [0, 0.05) is 50.3 Å². The standard InChI is InChI=1S/C28H37ClN4O4/c1-26(2)16-28(4-9-37-26)13-20(28)25(35)31-24-12-18-11-22(21(29)10-19(18)14-30-24)32-5-7-33(8-6-32)27(3)17-36-15-23(27)34/h10-12,14,20,23,34H,4-9,13,15-17H2,1-3H3,(H,30,31,35)/t20-,23+,27-,28+/m0/s1. The fourth-order valence-corrected chi connectivity index (χ4v) is 7.09. The SMILES string of the molecule is CC1(C)C[C@@]2(CCO1)C[C@H]2C(=O)Nc1cc2cc(N3CCN([C@@]4(C)COC[C@H]4O)CC3)c(Cl)cc2cn1. The number of hydrogen-bond donors (Lipinski definition) is 2. The van der Waals surface area contributed by atoms with Crippen LogP contribution in [0.5, 0.6) is 0 Å². The maximum atomic E-state index is 13.1. The summed E-state index contributed by atoms with van der Waals surface area (Å²) in [6.45, 7) is 11.3. The van der Waals surface area contributed by atoms with Gasteiger partial charge in [0.15, 0.2) is 0 Å². The Kier molecular flexibility index (Phi) is 6.20. The van der Waals surface area contributed by atoms with Crippen LogP contribution in [0, 0.1) is 11.3 Å². The van der Waals surface area contributed by atoms with E-state index in [9.17, 15) is 9.90 Å². The number of carbonyl (C=O) groups excluding carboxylic acids is 1. The van der Waals surface area contributed by atoms with E-state index in [1.807, 2.05) is 12.1 Å². The minimum Gasteiger partial charge on any atom is -0.389 e. The highest BCUT2D eigenvalue weighted by Crippen LogP contribution is 2.62. The smallest absolute Gasteiger partial charge is 0.229 e. The van der Waals surface area contributed by atoms with Crippen LogP contribution in [0.2, 0.25) is 5.02 Å². The highest BCUT2D eigenvalue weighted by molar-refractivity contribution is 6.34. The van der Waals surface area contributed by atoms with Gasteiger partial charge in [0.25, 0.3) is 0 Å². The molecule has 3 aliphatic heterocycles. The minimum atomic E-state index is -0.465. The van der Waals surface area contributed by atoms with Crippen molar-refractivity contribution < 1.29 is 19.4 Å². The monoisotopic (exact) mass is 528 g/mol.